The predicted octanol–water partition coefficient (Wildman–Crippen LogP) is 4.58. The average molecular weight is 379 g/mol. The minimum atomic E-state index is -0.541. The van der Waals surface area contributed by atoms with Crippen LogP contribution in [0.15, 0.2) is 54.7 Å². The first-order chi connectivity index (χ1) is 13.1. The summed E-state index contributed by atoms with van der Waals surface area (Å²) in [6.45, 7) is 0. The number of carbonyl (C=O) groups is 2. The van der Waals surface area contributed by atoms with Crippen molar-refractivity contribution in [2.45, 2.75) is 6.42 Å². The van der Waals surface area contributed by atoms with Crippen molar-refractivity contribution in [1.82, 2.24) is 4.40 Å². The zero-order chi connectivity index (χ0) is 19.0. The smallest absolute Gasteiger partial charge is 0.313 e. The number of nitrogens with zero attached hydrogens (tertiary/aromatic N) is 1. The first-order valence-electron chi connectivity index (χ1n) is 8.39. The highest BCUT2D eigenvalue weighted by atomic mass is 32.1. The van der Waals surface area contributed by atoms with Crippen molar-refractivity contribution in [3.8, 4) is 16.9 Å². The van der Waals surface area contributed by atoms with Crippen LogP contribution in [-0.2, 0) is 9.53 Å². The Hall–Kier alpha value is -3.12. The quantitative estimate of drug-likeness (QED) is 0.289. The summed E-state index contributed by atoms with van der Waals surface area (Å²) in [4.78, 5) is 25.5. The van der Waals surface area contributed by atoms with Gasteiger partial charge in [-0.1, -0.05) is 24.3 Å². The summed E-state index contributed by atoms with van der Waals surface area (Å²) in [5.74, 6) is -0.0458. The number of fused-ring (bicyclic) bond motifs is 3. The highest BCUT2D eigenvalue weighted by molar-refractivity contribution is 7.24. The molecular weight excluding hydrogens is 362 g/mol. The molecule has 27 heavy (non-hydrogen) atoms. The van der Waals surface area contributed by atoms with E-state index in [0.717, 1.165) is 31.9 Å². The van der Waals surface area contributed by atoms with Gasteiger partial charge in [-0.05, 0) is 29.8 Å². The number of hydrogen-bond donors (Lipinski definition) is 0. The van der Waals surface area contributed by atoms with Gasteiger partial charge in [-0.2, -0.15) is 0 Å². The van der Waals surface area contributed by atoms with Crippen LogP contribution in [0.2, 0.25) is 0 Å². The minimum absolute atomic E-state index is 0.248. The van der Waals surface area contributed by atoms with Crippen molar-refractivity contribution in [3.63, 3.8) is 0 Å². The van der Waals surface area contributed by atoms with Gasteiger partial charge in [0, 0.05) is 11.8 Å². The van der Waals surface area contributed by atoms with Crippen LogP contribution in [0.5, 0.6) is 5.75 Å². The number of ether oxygens (including phenoxy) is 2. The number of benzene rings is 2. The highest BCUT2D eigenvalue weighted by Crippen LogP contribution is 2.37. The predicted molar refractivity (Wildman–Crippen MR) is 106 cm³/mol. The average Bonchev–Trinajstić information content (AvgIpc) is 3.23. The summed E-state index contributed by atoms with van der Waals surface area (Å²) in [5.41, 5.74) is 3.27. The van der Waals surface area contributed by atoms with E-state index >= 15 is 0 Å². The third-order valence-electron chi connectivity index (χ3n) is 4.50. The Morgan fingerprint density at radius 1 is 1.04 bits per heavy atom. The molecule has 0 unspecified atom stereocenters. The first kappa shape index (κ1) is 17.3. The van der Waals surface area contributed by atoms with E-state index in [1.54, 1.807) is 7.11 Å². The Bertz CT molecular complexity index is 1150. The van der Waals surface area contributed by atoms with E-state index in [9.17, 15) is 9.59 Å². The van der Waals surface area contributed by atoms with Crippen molar-refractivity contribution < 1.29 is 19.1 Å². The second-order valence-corrected chi connectivity index (χ2v) is 7.10. The van der Waals surface area contributed by atoms with Crippen LogP contribution < -0.4 is 4.74 Å². The standard InChI is InChI=1S/C21H17NO4S/c1-25-14-9-7-13(8-10-14)15-12-22-16-5-3-4-6-18(16)27-21(22)20(15)17(23)11-19(24)26-2/h3-10,12H,11H2,1-2H3. The largest absolute Gasteiger partial charge is 0.497 e. The number of aromatic nitrogens is 1. The van der Waals surface area contributed by atoms with Gasteiger partial charge >= 0.3 is 5.97 Å². The van der Waals surface area contributed by atoms with Crippen LogP contribution in [0, 0.1) is 0 Å². The van der Waals surface area contributed by atoms with Crippen molar-refractivity contribution >= 4 is 38.1 Å². The molecule has 4 rings (SSSR count). The number of hydrogen-bond acceptors (Lipinski definition) is 5. The molecule has 2 heterocycles. The molecule has 2 aromatic carbocycles. The molecule has 0 aliphatic carbocycles. The van der Waals surface area contributed by atoms with Gasteiger partial charge in [-0.15, -0.1) is 11.3 Å². The van der Waals surface area contributed by atoms with Gasteiger partial charge in [0.05, 0.1) is 30.0 Å². The fraction of sp³-hybridized carbons (Fsp3) is 0.143. The van der Waals surface area contributed by atoms with E-state index in [0.29, 0.717) is 5.56 Å². The number of methoxy groups -OCH3 is 2. The van der Waals surface area contributed by atoms with Crippen molar-refractivity contribution in [2.75, 3.05) is 14.2 Å². The SMILES string of the molecule is COC(=O)CC(=O)c1c(-c2ccc(OC)cc2)cn2c1sc1ccccc12. The van der Waals surface area contributed by atoms with Crippen molar-refractivity contribution in [1.29, 1.82) is 0 Å². The normalized spacial score (nSPS) is 11.0. The fourth-order valence-corrected chi connectivity index (χ4v) is 4.37. The fourth-order valence-electron chi connectivity index (χ4n) is 3.16. The number of esters is 1. The molecule has 2 aromatic heterocycles. The summed E-state index contributed by atoms with van der Waals surface area (Å²) >= 11 is 1.54. The van der Waals surface area contributed by atoms with Crippen molar-refractivity contribution in [2.24, 2.45) is 0 Å². The van der Waals surface area contributed by atoms with Gasteiger partial charge in [-0.3, -0.25) is 9.59 Å². The van der Waals surface area contributed by atoms with E-state index in [-0.39, 0.29) is 12.2 Å². The topological polar surface area (TPSA) is 57.0 Å². The van der Waals surface area contributed by atoms with Crippen molar-refractivity contribution in [3.05, 3.63) is 60.3 Å². The monoisotopic (exact) mass is 379 g/mol. The molecule has 6 heteroatoms. The lowest BCUT2D eigenvalue weighted by Gasteiger charge is -2.05. The third kappa shape index (κ3) is 2.98. The molecule has 0 aliphatic rings. The van der Waals surface area contributed by atoms with E-state index in [1.807, 2.05) is 59.1 Å². The van der Waals surface area contributed by atoms with Crippen LogP contribution in [0.3, 0.4) is 0 Å². The Balaban J connectivity index is 1.94. The molecule has 0 N–H and O–H groups in total. The summed E-state index contributed by atoms with van der Waals surface area (Å²) in [7, 11) is 2.90. The number of carbonyl (C=O) groups excluding carboxylic acids is 2. The molecule has 0 aliphatic heterocycles. The maximum atomic E-state index is 13.0. The molecule has 136 valence electrons. The van der Waals surface area contributed by atoms with Crippen LogP contribution in [-0.4, -0.2) is 30.4 Å². The number of rotatable bonds is 5. The Morgan fingerprint density at radius 3 is 2.48 bits per heavy atom. The molecular formula is C21H17NO4S. The second kappa shape index (κ2) is 6.89. The van der Waals surface area contributed by atoms with Gasteiger partial charge in [0.15, 0.2) is 5.78 Å². The van der Waals surface area contributed by atoms with E-state index < -0.39 is 5.97 Å². The number of ketones is 1. The zero-order valence-electron chi connectivity index (χ0n) is 14.9. The zero-order valence-corrected chi connectivity index (χ0v) is 15.7. The summed E-state index contributed by atoms with van der Waals surface area (Å²) in [6.07, 6.45) is 1.67. The molecule has 0 saturated heterocycles. The minimum Gasteiger partial charge on any atom is -0.497 e. The van der Waals surface area contributed by atoms with Gasteiger partial charge in [0.2, 0.25) is 0 Å². The van der Waals surface area contributed by atoms with Gasteiger partial charge in [0.25, 0.3) is 0 Å². The molecule has 4 aromatic rings. The molecule has 0 bridgehead atoms. The molecule has 0 saturated carbocycles. The molecule has 0 fully saturated rings. The van der Waals surface area contributed by atoms with Crippen LogP contribution in [0.25, 0.3) is 26.2 Å². The lowest BCUT2D eigenvalue weighted by atomic mass is 10.0. The van der Waals surface area contributed by atoms with Gasteiger partial charge in [0.1, 0.15) is 17.0 Å². The summed E-state index contributed by atoms with van der Waals surface area (Å²) in [5, 5.41) is 0. The van der Waals surface area contributed by atoms with Gasteiger partial charge in [-0.25, -0.2) is 0 Å². The van der Waals surface area contributed by atoms with E-state index in [2.05, 4.69) is 4.74 Å². The van der Waals surface area contributed by atoms with Crippen LogP contribution in [0.1, 0.15) is 16.8 Å². The Labute approximate surface area is 159 Å². The number of Topliss-reactive ketones (excluding diaryl/α,β-unsaturated/α-hetero) is 1. The number of para-hydroxylation sites is 1. The number of thiazole rings is 1. The second-order valence-electron chi connectivity index (χ2n) is 6.07. The maximum Gasteiger partial charge on any atom is 0.313 e. The first-order valence-corrected chi connectivity index (χ1v) is 9.21. The summed E-state index contributed by atoms with van der Waals surface area (Å²) < 4.78 is 13.0. The molecule has 0 atom stereocenters. The highest BCUT2D eigenvalue weighted by Gasteiger charge is 2.24. The molecule has 0 amide bonds. The molecule has 0 spiro atoms. The Morgan fingerprint density at radius 2 is 1.78 bits per heavy atom. The van der Waals surface area contributed by atoms with E-state index in [4.69, 9.17) is 4.74 Å². The lowest BCUT2D eigenvalue weighted by molar-refractivity contribution is -0.139. The van der Waals surface area contributed by atoms with Crippen LogP contribution in [0.4, 0.5) is 0 Å². The third-order valence-corrected chi connectivity index (χ3v) is 5.66. The van der Waals surface area contributed by atoms with Gasteiger partial charge < -0.3 is 13.9 Å². The molecule has 5 nitrogen and oxygen atoms in total. The summed E-state index contributed by atoms with van der Waals surface area (Å²) in [6, 6.07) is 15.5. The molecule has 0 radical (unpaired) electrons. The Kier molecular flexibility index (Phi) is 4.41. The van der Waals surface area contributed by atoms with Crippen LogP contribution >= 0.6 is 11.3 Å². The maximum absolute atomic E-state index is 13.0. The van der Waals surface area contributed by atoms with E-state index in [1.165, 1.54) is 18.4 Å². The lowest BCUT2D eigenvalue weighted by Crippen LogP contribution is -2.09.